The Morgan fingerprint density at radius 2 is 1.95 bits per heavy atom. The third-order valence-corrected chi connectivity index (χ3v) is 4.36. The van der Waals surface area contributed by atoms with Gasteiger partial charge in [-0.15, -0.1) is 11.3 Å². The maximum Gasteiger partial charge on any atom is 0.348 e. The molecular weight excluding hydrogens is 303 g/mol. The van der Waals surface area contributed by atoms with E-state index in [0.717, 1.165) is 5.56 Å². The van der Waals surface area contributed by atoms with E-state index >= 15 is 0 Å². The monoisotopic (exact) mass is 314 g/mol. The Bertz CT molecular complexity index is 564. The van der Waals surface area contributed by atoms with Crippen molar-refractivity contribution in [3.8, 4) is 0 Å². The van der Waals surface area contributed by atoms with Gasteiger partial charge in [-0.25, -0.2) is 4.79 Å². The fraction of sp³-hybridized carbons (Fsp3) is 0.214. The zero-order valence-electron chi connectivity index (χ0n) is 10.2. The van der Waals surface area contributed by atoms with Gasteiger partial charge in [0.2, 0.25) is 0 Å². The topological polar surface area (TPSA) is 26.3 Å². The number of alkyl halides is 2. The summed E-state index contributed by atoms with van der Waals surface area (Å²) < 4.78 is 3.78. The molecule has 0 radical (unpaired) electrons. The number of hydrogen-bond donors (Lipinski definition) is 0. The molecule has 0 unspecified atom stereocenters. The number of carbonyl (C=O) groups is 1. The minimum Gasteiger partial charge on any atom is -0.462 e. The molecule has 1 aromatic heterocycles. The van der Waals surface area contributed by atoms with Crippen LogP contribution in [-0.2, 0) is 9.07 Å². The van der Waals surface area contributed by atoms with Crippen molar-refractivity contribution < 1.29 is 9.53 Å². The second-order valence-electron chi connectivity index (χ2n) is 3.86. The molecule has 2 rings (SSSR count). The molecule has 2 aromatic rings. The zero-order valence-corrected chi connectivity index (χ0v) is 12.6. The lowest BCUT2D eigenvalue weighted by molar-refractivity contribution is 0.0532. The molecule has 2 nitrogen and oxygen atoms in total. The summed E-state index contributed by atoms with van der Waals surface area (Å²) >= 11 is 14.1. The first kappa shape index (κ1) is 14.4. The van der Waals surface area contributed by atoms with Crippen LogP contribution in [-0.4, -0.2) is 12.6 Å². The maximum absolute atomic E-state index is 11.6. The molecule has 1 heterocycles. The van der Waals surface area contributed by atoms with Crippen LogP contribution >= 0.6 is 34.5 Å². The van der Waals surface area contributed by atoms with Crippen LogP contribution in [0, 0.1) is 0 Å². The van der Waals surface area contributed by atoms with Crippen molar-refractivity contribution in [1.29, 1.82) is 0 Å². The lowest BCUT2D eigenvalue weighted by atomic mass is 10.1. The Labute approximate surface area is 125 Å². The molecule has 0 spiro atoms. The van der Waals surface area contributed by atoms with Gasteiger partial charge in [0, 0.05) is 5.56 Å². The first-order valence-corrected chi connectivity index (χ1v) is 7.38. The molecule has 100 valence electrons. The number of rotatable bonds is 4. The zero-order chi connectivity index (χ0) is 13.9. The SMILES string of the molecule is CCOC(=O)c1cc(C(Cl)(Cl)c2ccccc2)cs1. The van der Waals surface area contributed by atoms with E-state index in [4.69, 9.17) is 27.9 Å². The molecule has 0 fully saturated rings. The van der Waals surface area contributed by atoms with Crippen molar-refractivity contribution in [2.75, 3.05) is 6.61 Å². The lowest BCUT2D eigenvalue weighted by Crippen LogP contribution is -2.11. The smallest absolute Gasteiger partial charge is 0.348 e. The predicted molar refractivity (Wildman–Crippen MR) is 79.2 cm³/mol. The standard InChI is InChI=1S/C14H12Cl2O2S/c1-2-18-13(17)12-8-11(9-19-12)14(15,16)10-6-4-3-5-7-10/h3-9H,2H2,1H3. The van der Waals surface area contributed by atoms with Crippen molar-refractivity contribution in [2.45, 2.75) is 11.3 Å². The van der Waals surface area contributed by atoms with Gasteiger partial charge in [0.15, 0.2) is 4.33 Å². The van der Waals surface area contributed by atoms with Crippen LogP contribution in [0.1, 0.15) is 27.7 Å². The van der Waals surface area contributed by atoms with Gasteiger partial charge >= 0.3 is 5.97 Å². The molecule has 19 heavy (non-hydrogen) atoms. The highest BCUT2D eigenvalue weighted by atomic mass is 35.5. The normalized spacial score (nSPS) is 11.3. The van der Waals surface area contributed by atoms with Gasteiger partial charge in [-0.05, 0) is 23.9 Å². The molecule has 0 bridgehead atoms. The Hall–Kier alpha value is -1.03. The fourth-order valence-electron chi connectivity index (χ4n) is 1.62. The number of thiophene rings is 1. The minimum absolute atomic E-state index is 0.345. The van der Waals surface area contributed by atoms with Gasteiger partial charge in [0.05, 0.1) is 6.61 Å². The van der Waals surface area contributed by atoms with Crippen LogP contribution < -0.4 is 0 Å². The number of benzene rings is 1. The van der Waals surface area contributed by atoms with E-state index in [2.05, 4.69) is 0 Å². The molecule has 0 saturated heterocycles. The van der Waals surface area contributed by atoms with E-state index in [1.807, 2.05) is 30.3 Å². The second-order valence-corrected chi connectivity index (χ2v) is 6.10. The molecule has 0 amide bonds. The summed E-state index contributed by atoms with van der Waals surface area (Å²) in [5.41, 5.74) is 1.45. The first-order chi connectivity index (χ1) is 9.05. The molecule has 1 aromatic carbocycles. The predicted octanol–water partition coefficient (Wildman–Crippen LogP) is 4.60. The lowest BCUT2D eigenvalue weighted by Gasteiger charge is -2.18. The Morgan fingerprint density at radius 1 is 1.26 bits per heavy atom. The van der Waals surface area contributed by atoms with Crippen molar-refractivity contribution >= 4 is 40.5 Å². The van der Waals surface area contributed by atoms with E-state index in [1.54, 1.807) is 18.4 Å². The minimum atomic E-state index is -1.16. The number of ether oxygens (including phenoxy) is 1. The third kappa shape index (κ3) is 3.11. The summed E-state index contributed by atoms with van der Waals surface area (Å²) in [5, 5.41) is 1.78. The van der Waals surface area contributed by atoms with E-state index in [1.165, 1.54) is 11.3 Å². The van der Waals surface area contributed by atoms with Crippen molar-refractivity contribution in [1.82, 2.24) is 0 Å². The molecule has 0 aliphatic heterocycles. The van der Waals surface area contributed by atoms with Gasteiger partial charge < -0.3 is 4.74 Å². The number of carbonyl (C=O) groups excluding carboxylic acids is 1. The fourth-order valence-corrected chi connectivity index (χ4v) is 3.07. The highest BCUT2D eigenvalue weighted by Crippen LogP contribution is 2.42. The van der Waals surface area contributed by atoms with Crippen LogP contribution in [0.25, 0.3) is 0 Å². The largest absolute Gasteiger partial charge is 0.462 e. The number of esters is 1. The second kappa shape index (κ2) is 5.95. The summed E-state index contributed by atoms with van der Waals surface area (Å²) in [6.07, 6.45) is 0. The maximum atomic E-state index is 11.6. The average Bonchev–Trinajstić information content (AvgIpc) is 2.90. The summed E-state index contributed by atoms with van der Waals surface area (Å²) in [4.78, 5) is 12.1. The van der Waals surface area contributed by atoms with Gasteiger partial charge in [-0.2, -0.15) is 0 Å². The first-order valence-electron chi connectivity index (χ1n) is 5.75. The molecule has 0 saturated carbocycles. The Kier molecular flexibility index (Phi) is 4.50. The van der Waals surface area contributed by atoms with Crippen LogP contribution in [0.3, 0.4) is 0 Å². The van der Waals surface area contributed by atoms with E-state index in [9.17, 15) is 4.79 Å². The van der Waals surface area contributed by atoms with E-state index in [-0.39, 0.29) is 5.97 Å². The average molecular weight is 315 g/mol. The van der Waals surface area contributed by atoms with E-state index < -0.39 is 4.33 Å². The van der Waals surface area contributed by atoms with Crippen molar-refractivity contribution in [2.24, 2.45) is 0 Å². The Balaban J connectivity index is 2.29. The summed E-state index contributed by atoms with van der Waals surface area (Å²) in [6, 6.07) is 11.0. The van der Waals surface area contributed by atoms with Crippen LogP contribution in [0.5, 0.6) is 0 Å². The number of hydrogen-bond acceptors (Lipinski definition) is 3. The Morgan fingerprint density at radius 3 is 2.58 bits per heavy atom. The molecular formula is C14H12Cl2O2S. The van der Waals surface area contributed by atoms with Crippen molar-refractivity contribution in [3.05, 3.63) is 57.8 Å². The van der Waals surface area contributed by atoms with Crippen molar-refractivity contribution in [3.63, 3.8) is 0 Å². The molecule has 0 atom stereocenters. The van der Waals surface area contributed by atoms with Crippen LogP contribution in [0.4, 0.5) is 0 Å². The summed E-state index contributed by atoms with van der Waals surface area (Å²) in [6.45, 7) is 2.11. The quantitative estimate of drug-likeness (QED) is 0.609. The molecule has 0 aliphatic carbocycles. The van der Waals surface area contributed by atoms with Crippen LogP contribution in [0.2, 0.25) is 0 Å². The van der Waals surface area contributed by atoms with Gasteiger partial charge in [0.25, 0.3) is 0 Å². The van der Waals surface area contributed by atoms with Gasteiger partial charge in [-0.1, -0.05) is 53.5 Å². The van der Waals surface area contributed by atoms with Crippen LogP contribution in [0.15, 0.2) is 41.8 Å². The van der Waals surface area contributed by atoms with E-state index in [0.29, 0.717) is 17.0 Å². The summed E-state index contributed by atoms with van der Waals surface area (Å²) in [5.74, 6) is -0.351. The van der Waals surface area contributed by atoms with Gasteiger partial charge in [-0.3, -0.25) is 0 Å². The van der Waals surface area contributed by atoms with Gasteiger partial charge in [0.1, 0.15) is 4.88 Å². The molecule has 0 N–H and O–H groups in total. The molecule has 0 aliphatic rings. The molecule has 5 heteroatoms. The number of halogens is 2. The highest BCUT2D eigenvalue weighted by molar-refractivity contribution is 7.12. The summed E-state index contributed by atoms with van der Waals surface area (Å²) in [7, 11) is 0. The highest BCUT2D eigenvalue weighted by Gasteiger charge is 2.30. The third-order valence-electron chi connectivity index (χ3n) is 2.57.